The Hall–Kier alpha value is -1.89. The zero-order valence-electron chi connectivity index (χ0n) is 13.0. The van der Waals surface area contributed by atoms with Crippen LogP contribution in [0.1, 0.15) is 49.9 Å². The number of unbranched alkanes of at least 4 members (excludes halogenated alkanes) is 1. The van der Waals surface area contributed by atoms with Crippen molar-refractivity contribution >= 4 is 5.78 Å². The molecular formula is C20H24O. The maximum atomic E-state index is 12.9. The van der Waals surface area contributed by atoms with Crippen LogP contribution >= 0.6 is 0 Å². The van der Waals surface area contributed by atoms with Gasteiger partial charge in [0.2, 0.25) is 0 Å². The lowest BCUT2D eigenvalue weighted by molar-refractivity contribution is 0.0909. The Bertz CT molecular complexity index is 571. The molecule has 0 saturated heterocycles. The quantitative estimate of drug-likeness (QED) is 0.590. The summed E-state index contributed by atoms with van der Waals surface area (Å²) in [7, 11) is 0. The molecule has 1 atom stereocenters. The lowest BCUT2D eigenvalue weighted by Crippen LogP contribution is -2.15. The number of benzene rings is 2. The highest BCUT2D eigenvalue weighted by Gasteiger charge is 2.20. The van der Waals surface area contributed by atoms with Gasteiger partial charge in [0, 0.05) is 11.5 Å². The van der Waals surface area contributed by atoms with E-state index in [9.17, 15) is 4.79 Å². The summed E-state index contributed by atoms with van der Waals surface area (Å²) >= 11 is 0. The van der Waals surface area contributed by atoms with Crippen molar-refractivity contribution in [3.63, 3.8) is 0 Å². The number of carbonyl (C=O) groups excluding carboxylic acids is 1. The van der Waals surface area contributed by atoms with Crippen LogP contribution in [0.4, 0.5) is 0 Å². The number of Topliss-reactive ketones (excluding diaryl/α,β-unsaturated/α-hetero) is 1. The van der Waals surface area contributed by atoms with Crippen molar-refractivity contribution in [2.45, 2.75) is 39.5 Å². The Morgan fingerprint density at radius 2 is 1.62 bits per heavy atom. The molecule has 0 radical (unpaired) electrons. The fourth-order valence-electron chi connectivity index (χ4n) is 2.76. The smallest absolute Gasteiger partial charge is 0.166 e. The summed E-state index contributed by atoms with van der Waals surface area (Å²) in [6.45, 7) is 4.29. The normalized spacial score (nSPS) is 12.1. The van der Waals surface area contributed by atoms with Crippen molar-refractivity contribution in [2.24, 2.45) is 5.92 Å². The van der Waals surface area contributed by atoms with Crippen molar-refractivity contribution in [2.75, 3.05) is 0 Å². The van der Waals surface area contributed by atoms with Crippen molar-refractivity contribution in [1.29, 1.82) is 0 Å². The average Bonchev–Trinajstić information content (AvgIpc) is 2.56. The SMILES string of the molecule is CCCCC(CC)C(=O)c1ccccc1-c1ccccc1. The predicted octanol–water partition coefficient (Wildman–Crippen LogP) is 5.75. The summed E-state index contributed by atoms with van der Waals surface area (Å²) in [6, 6.07) is 18.2. The van der Waals surface area contributed by atoms with Gasteiger partial charge in [-0.2, -0.15) is 0 Å². The molecular weight excluding hydrogens is 256 g/mol. The molecule has 0 aliphatic heterocycles. The first-order valence-corrected chi connectivity index (χ1v) is 7.96. The van der Waals surface area contributed by atoms with E-state index in [1.807, 2.05) is 36.4 Å². The van der Waals surface area contributed by atoms with Crippen molar-refractivity contribution in [3.8, 4) is 11.1 Å². The summed E-state index contributed by atoms with van der Waals surface area (Å²) in [5.74, 6) is 0.445. The highest BCUT2D eigenvalue weighted by Crippen LogP contribution is 2.27. The largest absolute Gasteiger partial charge is 0.294 e. The maximum Gasteiger partial charge on any atom is 0.166 e. The van der Waals surface area contributed by atoms with E-state index in [1.54, 1.807) is 0 Å². The van der Waals surface area contributed by atoms with Crippen molar-refractivity contribution in [1.82, 2.24) is 0 Å². The number of hydrogen-bond donors (Lipinski definition) is 0. The minimum atomic E-state index is 0.148. The molecule has 0 aliphatic rings. The zero-order valence-corrected chi connectivity index (χ0v) is 13.0. The Kier molecular flexibility index (Phi) is 5.74. The molecule has 1 unspecified atom stereocenters. The topological polar surface area (TPSA) is 17.1 Å². The summed E-state index contributed by atoms with van der Waals surface area (Å²) in [4.78, 5) is 12.9. The molecule has 0 spiro atoms. The van der Waals surface area contributed by atoms with Crippen LogP contribution in [0.5, 0.6) is 0 Å². The van der Waals surface area contributed by atoms with E-state index in [-0.39, 0.29) is 5.92 Å². The van der Waals surface area contributed by atoms with E-state index in [2.05, 4.69) is 32.0 Å². The summed E-state index contributed by atoms with van der Waals surface area (Å²) in [6.07, 6.45) is 4.18. The molecule has 0 saturated carbocycles. The molecule has 0 fully saturated rings. The fourth-order valence-corrected chi connectivity index (χ4v) is 2.76. The van der Waals surface area contributed by atoms with Gasteiger partial charge in [-0.25, -0.2) is 0 Å². The van der Waals surface area contributed by atoms with Crippen LogP contribution in [-0.4, -0.2) is 5.78 Å². The average molecular weight is 280 g/mol. The van der Waals surface area contributed by atoms with Crippen molar-refractivity contribution < 1.29 is 4.79 Å². The monoisotopic (exact) mass is 280 g/mol. The van der Waals surface area contributed by atoms with Crippen LogP contribution in [0.25, 0.3) is 11.1 Å². The molecule has 2 aromatic rings. The fraction of sp³-hybridized carbons (Fsp3) is 0.350. The highest BCUT2D eigenvalue weighted by atomic mass is 16.1. The van der Waals surface area contributed by atoms with Crippen LogP contribution in [0.2, 0.25) is 0 Å². The summed E-state index contributed by atoms with van der Waals surface area (Å²) in [5, 5.41) is 0. The molecule has 0 aromatic heterocycles. The van der Waals surface area contributed by atoms with E-state index in [0.717, 1.165) is 42.4 Å². The van der Waals surface area contributed by atoms with E-state index in [4.69, 9.17) is 0 Å². The van der Waals surface area contributed by atoms with Gasteiger partial charge in [0.1, 0.15) is 0 Å². The lowest BCUT2D eigenvalue weighted by atomic mass is 9.87. The second kappa shape index (κ2) is 7.78. The first-order chi connectivity index (χ1) is 10.3. The third-order valence-corrected chi connectivity index (χ3v) is 4.05. The third kappa shape index (κ3) is 3.81. The molecule has 21 heavy (non-hydrogen) atoms. The highest BCUT2D eigenvalue weighted by molar-refractivity contribution is 6.03. The van der Waals surface area contributed by atoms with Crippen LogP contribution in [0.15, 0.2) is 54.6 Å². The Balaban J connectivity index is 2.33. The number of ketones is 1. The molecule has 0 bridgehead atoms. The van der Waals surface area contributed by atoms with Gasteiger partial charge in [-0.3, -0.25) is 4.79 Å². The molecule has 0 N–H and O–H groups in total. The van der Waals surface area contributed by atoms with Crippen LogP contribution in [-0.2, 0) is 0 Å². The lowest BCUT2D eigenvalue weighted by Gasteiger charge is -2.16. The van der Waals surface area contributed by atoms with E-state index < -0.39 is 0 Å². The van der Waals surface area contributed by atoms with Gasteiger partial charge in [-0.15, -0.1) is 0 Å². The number of carbonyl (C=O) groups is 1. The number of rotatable bonds is 7. The van der Waals surface area contributed by atoms with E-state index in [0.29, 0.717) is 5.78 Å². The van der Waals surface area contributed by atoms with Gasteiger partial charge in [0.15, 0.2) is 5.78 Å². The number of hydrogen-bond acceptors (Lipinski definition) is 1. The molecule has 0 amide bonds. The van der Waals surface area contributed by atoms with Gasteiger partial charge in [0.05, 0.1) is 0 Å². The van der Waals surface area contributed by atoms with Crippen LogP contribution in [0, 0.1) is 5.92 Å². The standard InChI is InChI=1S/C20H24O/c1-3-5-11-16(4-2)20(21)19-15-10-9-14-18(19)17-12-7-6-8-13-17/h6-10,12-16H,3-5,11H2,1-2H3. The molecule has 2 rings (SSSR count). The van der Waals surface area contributed by atoms with E-state index >= 15 is 0 Å². The summed E-state index contributed by atoms with van der Waals surface area (Å²) < 4.78 is 0. The molecule has 0 heterocycles. The van der Waals surface area contributed by atoms with Gasteiger partial charge >= 0.3 is 0 Å². The van der Waals surface area contributed by atoms with Gasteiger partial charge in [-0.1, -0.05) is 81.3 Å². The molecule has 1 nitrogen and oxygen atoms in total. The Morgan fingerprint density at radius 3 is 2.29 bits per heavy atom. The zero-order chi connectivity index (χ0) is 15.1. The van der Waals surface area contributed by atoms with Gasteiger partial charge < -0.3 is 0 Å². The molecule has 1 heteroatoms. The molecule has 2 aromatic carbocycles. The second-order valence-corrected chi connectivity index (χ2v) is 5.52. The third-order valence-electron chi connectivity index (χ3n) is 4.05. The van der Waals surface area contributed by atoms with Crippen LogP contribution < -0.4 is 0 Å². The predicted molar refractivity (Wildman–Crippen MR) is 89.5 cm³/mol. The Morgan fingerprint density at radius 1 is 0.952 bits per heavy atom. The Labute approximate surface area is 128 Å². The minimum Gasteiger partial charge on any atom is -0.294 e. The van der Waals surface area contributed by atoms with Gasteiger partial charge in [0.25, 0.3) is 0 Å². The van der Waals surface area contributed by atoms with E-state index in [1.165, 1.54) is 0 Å². The van der Waals surface area contributed by atoms with Gasteiger partial charge in [-0.05, 0) is 24.0 Å². The molecule has 0 aliphatic carbocycles. The maximum absolute atomic E-state index is 12.9. The molecule has 110 valence electrons. The minimum absolute atomic E-state index is 0.148. The second-order valence-electron chi connectivity index (χ2n) is 5.52. The summed E-state index contributed by atoms with van der Waals surface area (Å²) in [5.41, 5.74) is 3.04. The first kappa shape index (κ1) is 15.5. The van der Waals surface area contributed by atoms with Crippen molar-refractivity contribution in [3.05, 3.63) is 60.2 Å². The first-order valence-electron chi connectivity index (χ1n) is 7.96. The van der Waals surface area contributed by atoms with Crippen LogP contribution in [0.3, 0.4) is 0 Å².